The van der Waals surface area contributed by atoms with E-state index in [2.05, 4.69) is 15.0 Å². The first-order valence-electron chi connectivity index (χ1n) is 7.81. The van der Waals surface area contributed by atoms with Crippen molar-refractivity contribution >= 4 is 17.2 Å². The van der Waals surface area contributed by atoms with Crippen molar-refractivity contribution in [3.8, 4) is 11.4 Å². The van der Waals surface area contributed by atoms with Crippen LogP contribution in [0.3, 0.4) is 0 Å². The van der Waals surface area contributed by atoms with Crippen LogP contribution in [0.5, 0.6) is 0 Å². The normalized spacial score (nSPS) is 14.5. The lowest BCUT2D eigenvalue weighted by molar-refractivity contribution is 0.210. The van der Waals surface area contributed by atoms with Crippen LogP contribution < -0.4 is 5.69 Å². The first-order chi connectivity index (χ1) is 11.7. The molecule has 0 spiro atoms. The van der Waals surface area contributed by atoms with Gasteiger partial charge >= 0.3 is 11.7 Å². The maximum Gasteiger partial charge on any atom is 0.338 e. The second-order valence-corrected chi connectivity index (χ2v) is 5.80. The molecule has 1 amide bonds. The van der Waals surface area contributed by atoms with Gasteiger partial charge in [-0.3, -0.25) is 9.55 Å². The molecule has 0 bridgehead atoms. The fraction of sp³-hybridized carbons (Fsp3) is 0.312. The van der Waals surface area contributed by atoms with Crippen molar-refractivity contribution in [3.05, 3.63) is 41.2 Å². The minimum absolute atomic E-state index is 0.305. The van der Waals surface area contributed by atoms with Crippen molar-refractivity contribution in [1.29, 1.82) is 0 Å². The van der Waals surface area contributed by atoms with Crippen LogP contribution in [0, 0.1) is 0 Å². The van der Waals surface area contributed by atoms with Crippen LogP contribution in [0.15, 0.2) is 35.5 Å². The largest absolute Gasteiger partial charge is 0.338 e. The van der Waals surface area contributed by atoms with E-state index < -0.39 is 5.69 Å². The number of amides is 1. The monoisotopic (exact) mass is 324 g/mol. The molecule has 0 unspecified atom stereocenters. The molecule has 1 fully saturated rings. The molecule has 0 atom stereocenters. The summed E-state index contributed by atoms with van der Waals surface area (Å²) in [5.74, 6) is 0.469. The summed E-state index contributed by atoms with van der Waals surface area (Å²) in [5.41, 5.74) is 1.21. The number of imidazole rings is 1. The summed E-state index contributed by atoms with van der Waals surface area (Å²) in [6.45, 7) is 1.35. The van der Waals surface area contributed by atoms with Crippen LogP contribution in [0.1, 0.15) is 12.8 Å². The molecule has 8 nitrogen and oxygen atoms in total. The maximum atomic E-state index is 12.7. The van der Waals surface area contributed by atoms with Gasteiger partial charge in [-0.25, -0.2) is 24.1 Å². The number of hydrogen-bond acceptors (Lipinski definition) is 5. The zero-order chi connectivity index (χ0) is 16.7. The third-order valence-electron chi connectivity index (χ3n) is 4.27. The van der Waals surface area contributed by atoms with Crippen molar-refractivity contribution in [2.45, 2.75) is 12.8 Å². The number of carbonyl (C=O) groups excluding carboxylic acids is 1. The van der Waals surface area contributed by atoms with Gasteiger partial charge < -0.3 is 4.90 Å². The molecule has 0 aliphatic carbocycles. The molecule has 24 heavy (non-hydrogen) atoms. The number of nitrogens with zero attached hydrogens (tertiary/aromatic N) is 6. The van der Waals surface area contributed by atoms with E-state index in [0.29, 0.717) is 30.1 Å². The molecule has 1 aliphatic heterocycles. The summed E-state index contributed by atoms with van der Waals surface area (Å²) in [6, 6.07) is 3.34. The molecule has 3 aromatic heterocycles. The fourth-order valence-corrected chi connectivity index (χ4v) is 2.98. The molecule has 4 rings (SSSR count). The summed E-state index contributed by atoms with van der Waals surface area (Å²) in [5, 5.41) is 0. The lowest BCUT2D eigenvalue weighted by Gasteiger charge is -2.14. The molecule has 1 aliphatic rings. The second-order valence-electron chi connectivity index (χ2n) is 5.80. The molecular weight excluding hydrogens is 308 g/mol. The van der Waals surface area contributed by atoms with E-state index in [1.54, 1.807) is 30.4 Å². The van der Waals surface area contributed by atoms with Crippen LogP contribution in [0.4, 0.5) is 4.79 Å². The van der Waals surface area contributed by atoms with Gasteiger partial charge in [0, 0.05) is 38.1 Å². The number of hydrogen-bond donors (Lipinski definition) is 0. The maximum absolute atomic E-state index is 12.7. The summed E-state index contributed by atoms with van der Waals surface area (Å²) >= 11 is 0. The minimum Gasteiger partial charge on any atom is -0.324 e. The average Bonchev–Trinajstić information content (AvgIpc) is 3.24. The lowest BCUT2D eigenvalue weighted by atomic mass is 10.3. The van der Waals surface area contributed by atoms with Gasteiger partial charge in [0.25, 0.3) is 0 Å². The van der Waals surface area contributed by atoms with Crippen molar-refractivity contribution in [2.75, 3.05) is 13.1 Å². The van der Waals surface area contributed by atoms with E-state index in [9.17, 15) is 9.59 Å². The molecule has 122 valence electrons. The third kappa shape index (κ3) is 2.18. The highest BCUT2D eigenvalue weighted by atomic mass is 16.2. The Kier molecular flexibility index (Phi) is 3.37. The second kappa shape index (κ2) is 5.55. The van der Waals surface area contributed by atoms with Gasteiger partial charge in [-0.1, -0.05) is 0 Å². The van der Waals surface area contributed by atoms with E-state index in [1.165, 1.54) is 10.8 Å². The Balaban J connectivity index is 1.86. The van der Waals surface area contributed by atoms with Crippen LogP contribution in [0.25, 0.3) is 22.6 Å². The smallest absolute Gasteiger partial charge is 0.324 e. The summed E-state index contributed by atoms with van der Waals surface area (Å²) in [7, 11) is 1.61. The first kappa shape index (κ1) is 14.6. The Bertz CT molecular complexity index is 969. The first-order valence-corrected chi connectivity index (χ1v) is 7.81. The number of pyridine rings is 1. The van der Waals surface area contributed by atoms with Crippen molar-refractivity contribution < 1.29 is 4.79 Å². The van der Waals surface area contributed by atoms with E-state index in [-0.39, 0.29) is 6.03 Å². The number of rotatable bonds is 1. The molecule has 0 saturated carbocycles. The Morgan fingerprint density at radius 3 is 2.71 bits per heavy atom. The predicted octanol–water partition coefficient (Wildman–Crippen LogP) is 1.26. The highest BCUT2D eigenvalue weighted by Crippen LogP contribution is 2.18. The number of aromatic nitrogens is 5. The zero-order valence-corrected chi connectivity index (χ0v) is 13.2. The molecule has 0 aromatic carbocycles. The van der Waals surface area contributed by atoms with Gasteiger partial charge in [0.1, 0.15) is 5.52 Å². The summed E-state index contributed by atoms with van der Waals surface area (Å²) < 4.78 is 2.54. The van der Waals surface area contributed by atoms with Gasteiger partial charge in [0.05, 0.1) is 6.20 Å². The predicted molar refractivity (Wildman–Crippen MR) is 87.6 cm³/mol. The number of aryl methyl sites for hydroxylation is 1. The van der Waals surface area contributed by atoms with Gasteiger partial charge in [0.2, 0.25) is 0 Å². The van der Waals surface area contributed by atoms with Gasteiger partial charge in [-0.15, -0.1) is 0 Å². The van der Waals surface area contributed by atoms with Crippen molar-refractivity contribution in [1.82, 2.24) is 29.0 Å². The average molecular weight is 324 g/mol. The Labute approximate surface area is 137 Å². The summed E-state index contributed by atoms with van der Waals surface area (Å²) in [4.78, 5) is 39.7. The third-order valence-corrected chi connectivity index (χ3v) is 4.27. The minimum atomic E-state index is -0.403. The van der Waals surface area contributed by atoms with Gasteiger partial charge in [-0.05, 0) is 25.0 Å². The SMILES string of the molecule is Cn1c(=O)n(C(=O)N2CCCC2)c2cnc(-c3cccnc3)nc21. The summed E-state index contributed by atoms with van der Waals surface area (Å²) in [6.07, 6.45) is 6.79. The van der Waals surface area contributed by atoms with Crippen LogP contribution in [-0.4, -0.2) is 48.1 Å². The Hall–Kier alpha value is -3.03. The van der Waals surface area contributed by atoms with E-state index in [0.717, 1.165) is 23.0 Å². The molecule has 0 N–H and O–H groups in total. The van der Waals surface area contributed by atoms with E-state index >= 15 is 0 Å². The zero-order valence-electron chi connectivity index (χ0n) is 13.2. The van der Waals surface area contributed by atoms with Crippen LogP contribution in [-0.2, 0) is 7.05 Å². The topological polar surface area (TPSA) is 85.9 Å². The molecular formula is C16H16N6O2. The lowest BCUT2D eigenvalue weighted by Crippen LogP contribution is -2.38. The Morgan fingerprint density at radius 1 is 1.21 bits per heavy atom. The number of fused-ring (bicyclic) bond motifs is 1. The number of likely N-dealkylation sites (tertiary alicyclic amines) is 1. The van der Waals surface area contributed by atoms with Gasteiger partial charge in [-0.2, -0.15) is 0 Å². The molecule has 3 aromatic rings. The van der Waals surface area contributed by atoms with Gasteiger partial charge in [0.15, 0.2) is 11.5 Å². The van der Waals surface area contributed by atoms with Crippen molar-refractivity contribution in [3.63, 3.8) is 0 Å². The molecule has 1 saturated heterocycles. The quantitative estimate of drug-likeness (QED) is 0.672. The standard InChI is InChI=1S/C16H16N6O2/c1-20-14-12(10-18-13(19-14)11-5-4-6-17-9-11)22(15(20)23)16(24)21-7-2-3-8-21/h4-6,9-10H,2-3,7-8H2,1H3. The Morgan fingerprint density at radius 2 is 2.00 bits per heavy atom. The molecule has 0 radical (unpaired) electrons. The van der Waals surface area contributed by atoms with E-state index in [1.807, 2.05) is 6.07 Å². The fourth-order valence-electron chi connectivity index (χ4n) is 2.98. The molecule has 8 heteroatoms. The van der Waals surface area contributed by atoms with Crippen molar-refractivity contribution in [2.24, 2.45) is 7.05 Å². The molecule has 4 heterocycles. The van der Waals surface area contributed by atoms with Crippen LogP contribution in [0.2, 0.25) is 0 Å². The number of carbonyl (C=O) groups is 1. The highest BCUT2D eigenvalue weighted by Gasteiger charge is 2.25. The van der Waals surface area contributed by atoms with Crippen LogP contribution >= 0.6 is 0 Å². The highest BCUT2D eigenvalue weighted by molar-refractivity contribution is 5.88. The van der Waals surface area contributed by atoms with E-state index in [4.69, 9.17) is 0 Å².